The molecule has 7 rings (SSSR count). The standard InChI is InChI=1S/C54H74N8O6S4.2ClH/c1-33(55-7)49(69)59-39-23-25-71-43-27-53(3,4)45(61(43)51(39)65)47(63)57-41(37-15-11-9-12-16-37)31-67-29-35-19-21-36(22-20-35)30-68-32-42(38-17-13-10-14-18-38)58-48(64)46-54(5,6)28-44-62(46)52(66)40(24-26-72-44)60-50(70)34(2)56-8;;/h9-22,33-34,39-46,55-56H,23-32H2,1-8H3,(H,57,63)(H,58,64)(H,59,69)(H,60,70);2*1H/t33-,34-,39-,40-,41+,42+,43-,44-,45+,46+;;/m0../s1. The van der Waals surface area contributed by atoms with Gasteiger partial charge in [0.1, 0.15) is 24.2 Å². The van der Waals surface area contributed by atoms with Crippen molar-refractivity contribution in [3.05, 3.63) is 107 Å². The summed E-state index contributed by atoms with van der Waals surface area (Å²) in [5, 5.41) is 19.3. The molecule has 4 aliphatic rings. The van der Waals surface area contributed by atoms with Gasteiger partial charge in [0, 0.05) is 0 Å². The second-order valence-corrected chi connectivity index (χ2v) is 24.3. The van der Waals surface area contributed by atoms with Gasteiger partial charge in [-0.3, -0.25) is 19.2 Å². The Morgan fingerprint density at radius 1 is 0.622 bits per heavy atom. The Bertz CT molecular complexity index is 2210. The van der Waals surface area contributed by atoms with E-state index in [9.17, 15) is 19.2 Å². The van der Waals surface area contributed by atoms with Gasteiger partial charge in [-0.05, 0) is 98.2 Å². The van der Waals surface area contributed by atoms with Crippen molar-refractivity contribution in [1.82, 2.24) is 41.7 Å². The molecule has 0 radical (unpaired) electrons. The summed E-state index contributed by atoms with van der Waals surface area (Å²) in [6.45, 7) is 13.3. The van der Waals surface area contributed by atoms with E-state index in [2.05, 4.69) is 59.6 Å². The van der Waals surface area contributed by atoms with Crippen LogP contribution in [0.2, 0.25) is 0 Å². The summed E-state index contributed by atoms with van der Waals surface area (Å²) in [6, 6.07) is 24.1. The van der Waals surface area contributed by atoms with E-state index in [0.717, 1.165) is 33.8 Å². The van der Waals surface area contributed by atoms with Gasteiger partial charge in [-0.1, -0.05) is 137 Å². The normalized spacial score (nSPS) is 24.5. The van der Waals surface area contributed by atoms with Gasteiger partial charge in [0.2, 0.25) is 23.6 Å². The molecule has 0 aliphatic carbocycles. The summed E-state index contributed by atoms with van der Waals surface area (Å²) < 4.78 is 12.7. The molecule has 14 nitrogen and oxygen atoms in total. The zero-order chi connectivity index (χ0) is 51.7. The molecular weight excluding hydrogens is 1060 g/mol. The van der Waals surface area contributed by atoms with E-state index in [1.165, 1.54) is 0 Å². The fourth-order valence-corrected chi connectivity index (χ4v) is 13.9. The zero-order valence-corrected chi connectivity index (χ0v) is 48.6. The summed E-state index contributed by atoms with van der Waals surface area (Å²) in [7, 11) is 3.67. The number of carbonyl (C=O) groups is 4. The lowest BCUT2D eigenvalue weighted by atomic mass is 9.83. The Hall–Kier alpha value is -3.56. The van der Waals surface area contributed by atoms with Gasteiger partial charge >= 0.3 is 0 Å². The molecule has 4 saturated heterocycles. The Morgan fingerprint density at radius 2 is 0.973 bits per heavy atom. The first-order chi connectivity index (χ1) is 34.4. The molecular formula is C54H76Cl2N8O6S4. The summed E-state index contributed by atoms with van der Waals surface area (Å²) in [5.41, 5.74) is 2.80. The van der Waals surface area contributed by atoms with Crippen LogP contribution in [-0.4, -0.2) is 129 Å². The predicted molar refractivity (Wildman–Crippen MR) is 311 cm³/mol. The number of amides is 4. The quantitative estimate of drug-likeness (QED) is 0.0628. The number of halogens is 2. The van der Waals surface area contributed by atoms with Gasteiger partial charge in [-0.15, -0.1) is 48.3 Å². The highest BCUT2D eigenvalue weighted by Gasteiger charge is 2.56. The van der Waals surface area contributed by atoms with Crippen molar-refractivity contribution in [3.63, 3.8) is 0 Å². The Labute approximate surface area is 470 Å². The van der Waals surface area contributed by atoms with E-state index in [1.54, 1.807) is 23.5 Å². The first kappa shape index (κ1) is 61.3. The maximum atomic E-state index is 14.5. The van der Waals surface area contributed by atoms with Crippen LogP contribution >= 0.6 is 72.8 Å². The maximum Gasteiger partial charge on any atom is 0.246 e. The lowest BCUT2D eigenvalue weighted by Crippen LogP contribution is -2.58. The molecule has 0 saturated carbocycles. The summed E-state index contributed by atoms with van der Waals surface area (Å²) >= 11 is 14.7. The molecule has 3 aromatic rings. The SMILES string of the molecule is CN[C@@H](C)C(=S)N[C@H]1CCS[C@H]2CC(C)(C)[C@@H](C(=O)N[C@H](COCc3ccc(COC[C@@H](NC(=O)[C@H]4N5C(=O)[C@@H](NC(=S)[C@H](C)NC)CCS[C@H]5CC4(C)C)c4ccccc4)cc3)c3ccccc3)N2C1=O.Cl.Cl. The van der Waals surface area contributed by atoms with Crippen molar-refractivity contribution < 1.29 is 28.7 Å². The highest BCUT2D eigenvalue weighted by molar-refractivity contribution is 8.00. The van der Waals surface area contributed by atoms with Crippen molar-refractivity contribution in [1.29, 1.82) is 0 Å². The molecule has 406 valence electrons. The van der Waals surface area contributed by atoms with E-state index < -0.39 is 47.1 Å². The number of nitrogens with one attached hydrogen (secondary N) is 6. The number of ether oxygens (including phenoxy) is 2. The van der Waals surface area contributed by atoms with E-state index in [1.807, 2.05) is 123 Å². The maximum absolute atomic E-state index is 14.5. The molecule has 0 aromatic heterocycles. The molecule has 4 heterocycles. The third kappa shape index (κ3) is 14.9. The number of rotatable bonds is 20. The van der Waals surface area contributed by atoms with Gasteiger partial charge in [0.05, 0.1) is 71.3 Å². The van der Waals surface area contributed by atoms with Crippen LogP contribution in [0.4, 0.5) is 0 Å². The number of carbonyl (C=O) groups excluding carboxylic acids is 4. The fraction of sp³-hybridized carbons (Fsp3) is 0.556. The molecule has 0 unspecified atom stereocenters. The van der Waals surface area contributed by atoms with Crippen LogP contribution in [0.15, 0.2) is 84.9 Å². The largest absolute Gasteiger partial charge is 0.374 e. The molecule has 4 amide bonds. The Balaban J connectivity index is 0.00000507. The lowest BCUT2D eigenvalue weighted by Gasteiger charge is -2.35. The van der Waals surface area contributed by atoms with Crippen molar-refractivity contribution in [3.8, 4) is 0 Å². The second kappa shape index (κ2) is 27.7. The monoisotopic (exact) mass is 1130 g/mol. The van der Waals surface area contributed by atoms with Crippen LogP contribution in [0.3, 0.4) is 0 Å². The third-order valence-corrected chi connectivity index (χ3v) is 18.0. The second-order valence-electron chi connectivity index (χ2n) is 20.8. The van der Waals surface area contributed by atoms with Crippen LogP contribution in [0.1, 0.15) is 102 Å². The fourth-order valence-electron chi connectivity index (χ4n) is 10.2. The smallest absolute Gasteiger partial charge is 0.246 e. The minimum atomic E-state index is -0.676. The van der Waals surface area contributed by atoms with Crippen LogP contribution in [0.5, 0.6) is 0 Å². The number of likely N-dealkylation sites (N-methyl/N-ethyl adjacent to an activating group) is 2. The summed E-state index contributed by atoms with van der Waals surface area (Å²) in [4.78, 5) is 62.4. The number of hydrogen-bond acceptors (Lipinski definition) is 12. The first-order valence-corrected chi connectivity index (χ1v) is 28.1. The molecule has 20 heteroatoms. The molecule has 4 aliphatic heterocycles. The number of thioether (sulfide) groups is 2. The molecule has 0 spiro atoms. The van der Waals surface area contributed by atoms with Gasteiger partial charge in [-0.2, -0.15) is 0 Å². The zero-order valence-electron chi connectivity index (χ0n) is 43.7. The average Bonchev–Trinajstić information content (AvgIpc) is 3.69. The lowest BCUT2D eigenvalue weighted by molar-refractivity contribution is -0.142. The number of fused-ring (bicyclic) bond motifs is 2. The van der Waals surface area contributed by atoms with E-state index in [-0.39, 0.29) is 84.5 Å². The van der Waals surface area contributed by atoms with E-state index in [4.69, 9.17) is 33.9 Å². The van der Waals surface area contributed by atoms with Crippen molar-refractivity contribution in [2.24, 2.45) is 10.8 Å². The summed E-state index contributed by atoms with van der Waals surface area (Å²) in [5.74, 6) is 0.965. The van der Waals surface area contributed by atoms with Gasteiger partial charge < -0.3 is 51.2 Å². The number of benzene rings is 3. The highest BCUT2D eigenvalue weighted by Crippen LogP contribution is 2.48. The summed E-state index contributed by atoms with van der Waals surface area (Å²) in [6.07, 6.45) is 2.66. The van der Waals surface area contributed by atoms with E-state index >= 15 is 0 Å². The van der Waals surface area contributed by atoms with Crippen LogP contribution < -0.4 is 31.9 Å². The van der Waals surface area contributed by atoms with Crippen LogP contribution in [0, 0.1) is 10.8 Å². The average molecular weight is 1130 g/mol. The Morgan fingerprint density at radius 3 is 1.31 bits per heavy atom. The molecule has 10 atom stereocenters. The van der Waals surface area contributed by atoms with Crippen LogP contribution in [0.25, 0.3) is 0 Å². The van der Waals surface area contributed by atoms with Crippen molar-refractivity contribution in [2.75, 3.05) is 38.8 Å². The highest BCUT2D eigenvalue weighted by atomic mass is 35.5. The van der Waals surface area contributed by atoms with Crippen molar-refractivity contribution in [2.45, 2.75) is 140 Å². The molecule has 6 N–H and O–H groups in total. The number of nitrogens with zero attached hydrogens (tertiary/aromatic N) is 2. The van der Waals surface area contributed by atoms with Gasteiger partial charge in [0.15, 0.2) is 0 Å². The molecule has 0 bridgehead atoms. The van der Waals surface area contributed by atoms with E-state index in [0.29, 0.717) is 48.9 Å². The minimum Gasteiger partial charge on any atom is -0.374 e. The van der Waals surface area contributed by atoms with Gasteiger partial charge in [0.25, 0.3) is 0 Å². The van der Waals surface area contributed by atoms with Crippen molar-refractivity contribution >= 4 is 106 Å². The number of hydrogen-bond donors (Lipinski definition) is 6. The third-order valence-electron chi connectivity index (χ3n) is 14.5. The topological polar surface area (TPSA) is 165 Å². The molecule has 3 aromatic carbocycles. The van der Waals surface area contributed by atoms with Crippen LogP contribution in [-0.2, 0) is 41.9 Å². The van der Waals surface area contributed by atoms with Gasteiger partial charge in [-0.25, -0.2) is 0 Å². The predicted octanol–water partition coefficient (Wildman–Crippen LogP) is 7.25. The molecule has 4 fully saturated rings. The molecule has 74 heavy (non-hydrogen) atoms. The number of thiocarbonyl (C=S) groups is 2. The Kier molecular flexibility index (Phi) is 22.9. The minimum absolute atomic E-state index is 0. The first-order valence-electron chi connectivity index (χ1n) is 25.2.